The number of nitrogens with one attached hydrogen (secondary N) is 2. The van der Waals surface area contributed by atoms with E-state index in [9.17, 15) is 9.59 Å². The molecule has 6 nitrogen and oxygen atoms in total. The van der Waals surface area contributed by atoms with Crippen LogP contribution in [0.25, 0.3) is 11.4 Å². The molecule has 0 spiro atoms. The highest BCUT2D eigenvalue weighted by atomic mass is 35.5. The summed E-state index contributed by atoms with van der Waals surface area (Å²) in [5.74, 6) is 0.852. The molecular weight excluding hydrogens is 340 g/mol. The van der Waals surface area contributed by atoms with Gasteiger partial charge in [-0.15, -0.1) is 12.4 Å². The molecule has 1 aromatic heterocycles. The molecule has 0 radical (unpaired) electrons. The van der Waals surface area contributed by atoms with E-state index in [-0.39, 0.29) is 35.7 Å². The van der Waals surface area contributed by atoms with Crippen LogP contribution in [-0.4, -0.2) is 22.4 Å². The van der Waals surface area contributed by atoms with E-state index in [4.69, 9.17) is 5.73 Å². The quantitative estimate of drug-likeness (QED) is 0.777. The summed E-state index contributed by atoms with van der Waals surface area (Å²) >= 11 is 0. The lowest BCUT2D eigenvalue weighted by molar-refractivity contribution is -0.120. The SMILES string of the molecule is Cc1cc(=O)[nH]c(-c2ccc(NC(=O)[C@@H]3CCC[C@@H]3CN)cc2)n1.Cl. The summed E-state index contributed by atoms with van der Waals surface area (Å²) in [6.45, 7) is 2.34. The lowest BCUT2D eigenvalue weighted by atomic mass is 9.95. The van der Waals surface area contributed by atoms with E-state index in [0.29, 0.717) is 18.1 Å². The van der Waals surface area contributed by atoms with Crippen molar-refractivity contribution in [2.45, 2.75) is 26.2 Å². The van der Waals surface area contributed by atoms with Crippen molar-refractivity contribution in [3.8, 4) is 11.4 Å². The largest absolute Gasteiger partial charge is 0.330 e. The number of carbonyl (C=O) groups excluding carboxylic acids is 1. The molecule has 3 rings (SSSR count). The normalized spacial score (nSPS) is 19.3. The molecule has 1 amide bonds. The second kappa shape index (κ2) is 8.27. The molecular formula is C18H23ClN4O2. The van der Waals surface area contributed by atoms with Gasteiger partial charge in [0.05, 0.1) is 0 Å². The van der Waals surface area contributed by atoms with Crippen LogP contribution in [0.15, 0.2) is 35.1 Å². The van der Waals surface area contributed by atoms with E-state index in [1.807, 2.05) is 24.3 Å². The van der Waals surface area contributed by atoms with Crippen LogP contribution in [0, 0.1) is 18.8 Å². The molecule has 1 aliphatic rings. The van der Waals surface area contributed by atoms with E-state index >= 15 is 0 Å². The number of carbonyl (C=O) groups is 1. The van der Waals surface area contributed by atoms with Crippen LogP contribution in [0.1, 0.15) is 25.0 Å². The van der Waals surface area contributed by atoms with Gasteiger partial charge in [-0.2, -0.15) is 0 Å². The Labute approximate surface area is 152 Å². The van der Waals surface area contributed by atoms with E-state index in [1.54, 1.807) is 6.92 Å². The van der Waals surface area contributed by atoms with Gasteiger partial charge in [-0.1, -0.05) is 6.42 Å². The van der Waals surface area contributed by atoms with Crippen molar-refractivity contribution in [1.29, 1.82) is 0 Å². The van der Waals surface area contributed by atoms with Gasteiger partial charge in [-0.05, 0) is 56.5 Å². The number of hydrogen-bond donors (Lipinski definition) is 3. The Bertz CT molecular complexity index is 788. The van der Waals surface area contributed by atoms with Gasteiger partial charge >= 0.3 is 0 Å². The predicted octanol–water partition coefficient (Wildman–Crippen LogP) is 2.48. The van der Waals surface area contributed by atoms with Gasteiger partial charge in [0.2, 0.25) is 5.91 Å². The zero-order chi connectivity index (χ0) is 17.1. The zero-order valence-electron chi connectivity index (χ0n) is 14.1. The number of rotatable bonds is 4. The number of benzene rings is 1. The molecule has 1 aromatic carbocycles. The number of amides is 1. The van der Waals surface area contributed by atoms with Crippen molar-refractivity contribution < 1.29 is 4.79 Å². The highest BCUT2D eigenvalue weighted by Crippen LogP contribution is 2.32. The first-order valence-corrected chi connectivity index (χ1v) is 8.26. The van der Waals surface area contributed by atoms with Gasteiger partial charge in [0, 0.05) is 28.9 Å². The molecule has 0 bridgehead atoms. The van der Waals surface area contributed by atoms with Crippen LogP contribution in [0.3, 0.4) is 0 Å². The van der Waals surface area contributed by atoms with E-state index in [1.165, 1.54) is 6.07 Å². The summed E-state index contributed by atoms with van der Waals surface area (Å²) in [6.07, 6.45) is 2.99. The number of anilines is 1. The second-order valence-corrected chi connectivity index (χ2v) is 6.34. The Morgan fingerprint density at radius 3 is 2.68 bits per heavy atom. The van der Waals surface area contributed by atoms with Crippen LogP contribution < -0.4 is 16.6 Å². The number of aromatic nitrogens is 2. The monoisotopic (exact) mass is 362 g/mol. The highest BCUT2D eigenvalue weighted by molar-refractivity contribution is 5.93. The fourth-order valence-corrected chi connectivity index (χ4v) is 3.33. The number of hydrogen-bond acceptors (Lipinski definition) is 4. The van der Waals surface area contributed by atoms with Gasteiger partial charge in [0.25, 0.3) is 5.56 Å². The average Bonchev–Trinajstić information content (AvgIpc) is 3.03. The highest BCUT2D eigenvalue weighted by Gasteiger charge is 2.31. The number of nitrogens with two attached hydrogens (primary N) is 1. The minimum Gasteiger partial charge on any atom is -0.330 e. The number of H-pyrrole nitrogens is 1. The van der Waals surface area contributed by atoms with Crippen molar-refractivity contribution in [2.75, 3.05) is 11.9 Å². The van der Waals surface area contributed by atoms with Gasteiger partial charge in [0.15, 0.2) is 0 Å². The van der Waals surface area contributed by atoms with Crippen molar-refractivity contribution in [1.82, 2.24) is 9.97 Å². The number of nitrogens with zero attached hydrogens (tertiary/aromatic N) is 1. The minimum atomic E-state index is -0.177. The number of halogens is 1. The molecule has 7 heteroatoms. The van der Waals surface area contributed by atoms with Crippen molar-refractivity contribution in [3.05, 3.63) is 46.4 Å². The standard InChI is InChI=1S/C18H22N4O2.ClH/c1-11-9-16(23)22-17(20-11)12-5-7-14(8-6-12)21-18(24)15-4-2-3-13(15)10-19;/h5-9,13,15H,2-4,10,19H2,1H3,(H,21,24)(H,20,22,23);1H/t13-,15-;/m1./s1. The van der Waals surface area contributed by atoms with E-state index in [2.05, 4.69) is 15.3 Å². The lowest BCUT2D eigenvalue weighted by Gasteiger charge is -2.17. The van der Waals surface area contributed by atoms with Crippen LogP contribution in [-0.2, 0) is 4.79 Å². The minimum absolute atomic E-state index is 0. The molecule has 1 saturated carbocycles. The maximum Gasteiger partial charge on any atom is 0.251 e. The third kappa shape index (κ3) is 4.46. The van der Waals surface area contributed by atoms with Crippen molar-refractivity contribution in [3.63, 3.8) is 0 Å². The summed E-state index contributed by atoms with van der Waals surface area (Å²) in [7, 11) is 0. The molecule has 2 atom stereocenters. The predicted molar refractivity (Wildman–Crippen MR) is 101 cm³/mol. The lowest BCUT2D eigenvalue weighted by Crippen LogP contribution is -2.29. The number of aromatic amines is 1. The molecule has 2 aromatic rings. The third-order valence-corrected chi connectivity index (χ3v) is 4.59. The Balaban J connectivity index is 0.00000225. The Morgan fingerprint density at radius 2 is 2.04 bits per heavy atom. The first kappa shape index (κ1) is 19.1. The first-order chi connectivity index (χ1) is 11.6. The van der Waals surface area contributed by atoms with Gasteiger partial charge < -0.3 is 16.0 Å². The van der Waals surface area contributed by atoms with Crippen LogP contribution >= 0.6 is 12.4 Å². The van der Waals surface area contributed by atoms with Crippen molar-refractivity contribution in [2.24, 2.45) is 17.6 Å². The van der Waals surface area contributed by atoms with Crippen LogP contribution in [0.2, 0.25) is 0 Å². The third-order valence-electron chi connectivity index (χ3n) is 4.59. The summed E-state index contributed by atoms with van der Waals surface area (Å²) in [4.78, 5) is 31.0. The van der Waals surface area contributed by atoms with Gasteiger partial charge in [-0.25, -0.2) is 4.98 Å². The van der Waals surface area contributed by atoms with Gasteiger partial charge in [0.1, 0.15) is 5.82 Å². The summed E-state index contributed by atoms with van der Waals surface area (Å²) in [5, 5.41) is 2.96. The molecule has 0 saturated heterocycles. The smallest absolute Gasteiger partial charge is 0.251 e. The van der Waals surface area contributed by atoms with Crippen LogP contribution in [0.5, 0.6) is 0 Å². The van der Waals surface area contributed by atoms with E-state index in [0.717, 1.165) is 30.5 Å². The fraction of sp³-hybridized carbons (Fsp3) is 0.389. The Hall–Kier alpha value is -2.18. The molecule has 134 valence electrons. The Kier molecular flexibility index (Phi) is 6.33. The topological polar surface area (TPSA) is 101 Å². The molecule has 4 N–H and O–H groups in total. The number of aryl methyl sites for hydroxylation is 1. The molecule has 25 heavy (non-hydrogen) atoms. The van der Waals surface area contributed by atoms with Crippen molar-refractivity contribution >= 4 is 24.0 Å². The molecule has 1 fully saturated rings. The maximum absolute atomic E-state index is 12.4. The van der Waals surface area contributed by atoms with Gasteiger partial charge in [-0.3, -0.25) is 9.59 Å². The Morgan fingerprint density at radius 1 is 1.32 bits per heavy atom. The summed E-state index contributed by atoms with van der Waals surface area (Å²) in [5.41, 5.74) is 7.78. The summed E-state index contributed by atoms with van der Waals surface area (Å²) in [6, 6.07) is 8.77. The molecule has 1 aliphatic carbocycles. The summed E-state index contributed by atoms with van der Waals surface area (Å²) < 4.78 is 0. The fourth-order valence-electron chi connectivity index (χ4n) is 3.33. The van der Waals surface area contributed by atoms with E-state index < -0.39 is 0 Å². The first-order valence-electron chi connectivity index (χ1n) is 8.26. The zero-order valence-corrected chi connectivity index (χ0v) is 14.9. The average molecular weight is 363 g/mol. The molecule has 0 aliphatic heterocycles. The van der Waals surface area contributed by atoms with Crippen LogP contribution in [0.4, 0.5) is 5.69 Å². The maximum atomic E-state index is 12.4. The molecule has 0 unspecified atom stereocenters. The second-order valence-electron chi connectivity index (χ2n) is 6.34. The molecule has 1 heterocycles.